The zero-order valence-corrected chi connectivity index (χ0v) is 12.5. The monoisotopic (exact) mass is 331 g/mol. The van der Waals surface area contributed by atoms with Gasteiger partial charge in [0.15, 0.2) is 17.0 Å². The summed E-state index contributed by atoms with van der Waals surface area (Å²) in [5.74, 6) is 0.243. The van der Waals surface area contributed by atoms with Gasteiger partial charge in [-0.1, -0.05) is 0 Å². The van der Waals surface area contributed by atoms with E-state index in [9.17, 15) is 14.6 Å². The Hall–Kier alpha value is -2.94. The van der Waals surface area contributed by atoms with E-state index in [4.69, 9.17) is 4.74 Å². The lowest BCUT2D eigenvalue weighted by atomic mass is 10.2. The summed E-state index contributed by atoms with van der Waals surface area (Å²) >= 11 is 0. The highest BCUT2D eigenvalue weighted by atomic mass is 19.1. The van der Waals surface area contributed by atoms with Gasteiger partial charge >= 0.3 is 6.08 Å². The molecule has 0 bridgehead atoms. The van der Waals surface area contributed by atoms with Gasteiger partial charge < -0.3 is 20.3 Å². The molecule has 1 saturated heterocycles. The standard InChI is InChI=1S/C15H14FN5O3/c16-15-19-13(17-6-8-5-9(22)1-2-10(8)23)12-14(20-15)21(7-18-12)11-3-4-24-11/h1-2,5,7,11,22-23H,3-4,6H2,(H,17,19,20). The third-order valence-electron chi connectivity index (χ3n) is 3.89. The van der Waals surface area contributed by atoms with Crippen molar-refractivity contribution in [2.24, 2.45) is 0 Å². The quantitative estimate of drug-likeness (QED) is 0.495. The molecule has 1 aliphatic heterocycles. The molecule has 3 N–H and O–H groups in total. The number of phenolic OH excluding ortho intramolecular Hbond substituents is 2. The van der Waals surface area contributed by atoms with Crippen molar-refractivity contribution in [1.82, 2.24) is 19.5 Å². The Balaban J connectivity index is 1.66. The number of aromatic nitrogens is 4. The van der Waals surface area contributed by atoms with E-state index in [0.717, 1.165) is 6.42 Å². The maximum Gasteiger partial charge on any atom is 0.312 e. The molecule has 3 aromatic rings. The largest absolute Gasteiger partial charge is 0.508 e. The molecular weight excluding hydrogens is 317 g/mol. The number of phenols is 2. The van der Waals surface area contributed by atoms with E-state index in [1.165, 1.54) is 18.2 Å². The lowest BCUT2D eigenvalue weighted by Gasteiger charge is -2.27. The summed E-state index contributed by atoms with van der Waals surface area (Å²) in [7, 11) is 0. The molecule has 4 rings (SSSR count). The number of fused-ring (bicyclic) bond motifs is 1. The van der Waals surface area contributed by atoms with Gasteiger partial charge in [-0.2, -0.15) is 14.4 Å². The van der Waals surface area contributed by atoms with E-state index in [1.54, 1.807) is 10.9 Å². The molecule has 8 nitrogen and oxygen atoms in total. The molecular formula is C15H14FN5O3. The average Bonchev–Trinajstić information content (AvgIpc) is 2.90. The number of rotatable bonds is 4. The molecule has 24 heavy (non-hydrogen) atoms. The Morgan fingerprint density at radius 1 is 1.33 bits per heavy atom. The molecule has 1 unspecified atom stereocenters. The summed E-state index contributed by atoms with van der Waals surface area (Å²) in [5.41, 5.74) is 1.20. The van der Waals surface area contributed by atoms with E-state index in [1.807, 2.05) is 0 Å². The van der Waals surface area contributed by atoms with Gasteiger partial charge in [-0.05, 0) is 18.2 Å². The number of aromatic hydroxyl groups is 2. The smallest absolute Gasteiger partial charge is 0.312 e. The van der Waals surface area contributed by atoms with Crippen molar-refractivity contribution in [2.75, 3.05) is 11.9 Å². The van der Waals surface area contributed by atoms with E-state index in [0.29, 0.717) is 23.3 Å². The first-order valence-corrected chi connectivity index (χ1v) is 7.38. The van der Waals surface area contributed by atoms with Crippen LogP contribution in [-0.2, 0) is 11.3 Å². The molecule has 124 valence electrons. The third kappa shape index (κ3) is 2.48. The number of imidazole rings is 1. The topological polar surface area (TPSA) is 105 Å². The highest BCUT2D eigenvalue weighted by Gasteiger charge is 2.24. The van der Waals surface area contributed by atoms with Crippen LogP contribution in [0.3, 0.4) is 0 Å². The van der Waals surface area contributed by atoms with E-state index in [-0.39, 0.29) is 30.1 Å². The van der Waals surface area contributed by atoms with Gasteiger partial charge in [0.25, 0.3) is 0 Å². The molecule has 2 aromatic heterocycles. The van der Waals surface area contributed by atoms with E-state index < -0.39 is 6.08 Å². The van der Waals surface area contributed by atoms with Crippen molar-refractivity contribution in [3.05, 3.63) is 36.2 Å². The third-order valence-corrected chi connectivity index (χ3v) is 3.89. The van der Waals surface area contributed by atoms with E-state index in [2.05, 4.69) is 20.3 Å². The fourth-order valence-corrected chi connectivity index (χ4v) is 2.56. The van der Waals surface area contributed by atoms with Gasteiger partial charge in [0.1, 0.15) is 17.7 Å². The maximum absolute atomic E-state index is 13.8. The van der Waals surface area contributed by atoms with Crippen LogP contribution in [-0.4, -0.2) is 36.3 Å². The highest BCUT2D eigenvalue weighted by molar-refractivity contribution is 5.82. The molecule has 0 aliphatic carbocycles. The van der Waals surface area contributed by atoms with Crippen molar-refractivity contribution < 1.29 is 19.3 Å². The molecule has 9 heteroatoms. The van der Waals surface area contributed by atoms with Crippen molar-refractivity contribution in [2.45, 2.75) is 19.2 Å². The average molecular weight is 331 g/mol. The van der Waals surface area contributed by atoms with Crippen LogP contribution in [0.2, 0.25) is 0 Å². The van der Waals surface area contributed by atoms with Gasteiger partial charge in [-0.3, -0.25) is 4.57 Å². The summed E-state index contributed by atoms with van der Waals surface area (Å²) in [4.78, 5) is 11.8. The minimum Gasteiger partial charge on any atom is -0.508 e. The maximum atomic E-state index is 13.8. The van der Waals surface area contributed by atoms with Crippen LogP contribution in [0.5, 0.6) is 11.5 Å². The van der Waals surface area contributed by atoms with Crippen molar-refractivity contribution in [3.8, 4) is 11.5 Å². The van der Waals surface area contributed by atoms with Crippen LogP contribution in [0.4, 0.5) is 10.2 Å². The Kier molecular flexibility index (Phi) is 3.42. The molecule has 1 aliphatic rings. The number of anilines is 1. The van der Waals surface area contributed by atoms with Crippen LogP contribution >= 0.6 is 0 Å². The second-order valence-corrected chi connectivity index (χ2v) is 5.45. The second kappa shape index (κ2) is 5.60. The molecule has 1 fully saturated rings. The molecule has 0 radical (unpaired) electrons. The number of hydrogen-bond donors (Lipinski definition) is 3. The minimum atomic E-state index is -0.883. The summed E-state index contributed by atoms with van der Waals surface area (Å²) in [6.45, 7) is 0.790. The number of nitrogens with zero attached hydrogens (tertiary/aromatic N) is 4. The molecule has 0 saturated carbocycles. The summed E-state index contributed by atoms with van der Waals surface area (Å²) in [6.07, 6.45) is 1.29. The Bertz CT molecular complexity index is 910. The summed E-state index contributed by atoms with van der Waals surface area (Å²) < 4.78 is 20.8. The van der Waals surface area contributed by atoms with Gasteiger partial charge in [0.2, 0.25) is 0 Å². The summed E-state index contributed by atoms with van der Waals surface area (Å²) in [5, 5.41) is 22.2. The number of hydrogen-bond acceptors (Lipinski definition) is 7. The van der Waals surface area contributed by atoms with Gasteiger partial charge in [-0.25, -0.2) is 4.98 Å². The Morgan fingerprint density at radius 3 is 2.92 bits per heavy atom. The van der Waals surface area contributed by atoms with E-state index >= 15 is 0 Å². The summed E-state index contributed by atoms with van der Waals surface area (Å²) in [6, 6.07) is 4.17. The second-order valence-electron chi connectivity index (χ2n) is 5.45. The zero-order valence-electron chi connectivity index (χ0n) is 12.5. The Labute approximate surface area is 135 Å². The van der Waals surface area contributed by atoms with Crippen LogP contribution in [0.25, 0.3) is 11.2 Å². The van der Waals surface area contributed by atoms with Gasteiger partial charge in [0, 0.05) is 18.5 Å². The fraction of sp³-hybridized carbons (Fsp3) is 0.267. The van der Waals surface area contributed by atoms with Crippen LogP contribution in [0.15, 0.2) is 24.5 Å². The van der Waals surface area contributed by atoms with Crippen LogP contribution in [0.1, 0.15) is 18.2 Å². The lowest BCUT2D eigenvalue weighted by Crippen LogP contribution is -2.24. The van der Waals surface area contributed by atoms with Crippen LogP contribution in [0, 0.1) is 6.08 Å². The number of benzene rings is 1. The molecule has 1 atom stereocenters. The zero-order chi connectivity index (χ0) is 16.7. The highest BCUT2D eigenvalue weighted by Crippen LogP contribution is 2.29. The SMILES string of the molecule is Oc1ccc(O)c(CNc2nc(F)nc3c2ncn3C2CCO2)c1. The molecule has 3 heterocycles. The molecule has 1 aromatic carbocycles. The fourth-order valence-electron chi connectivity index (χ4n) is 2.56. The predicted molar refractivity (Wildman–Crippen MR) is 82.0 cm³/mol. The van der Waals surface area contributed by atoms with Gasteiger partial charge in [0.05, 0.1) is 12.9 Å². The minimum absolute atomic E-state index is 0.0134. The van der Waals surface area contributed by atoms with Crippen molar-refractivity contribution >= 4 is 17.0 Å². The first-order valence-electron chi connectivity index (χ1n) is 7.38. The normalized spacial score (nSPS) is 17.0. The number of halogens is 1. The number of ether oxygens (including phenoxy) is 1. The number of nitrogens with one attached hydrogen (secondary N) is 1. The first kappa shape index (κ1) is 14.6. The van der Waals surface area contributed by atoms with Gasteiger partial charge in [-0.15, -0.1) is 0 Å². The predicted octanol–water partition coefficient (Wildman–Crippen LogP) is 1.91. The van der Waals surface area contributed by atoms with Crippen molar-refractivity contribution in [1.29, 1.82) is 0 Å². The van der Waals surface area contributed by atoms with Crippen molar-refractivity contribution in [3.63, 3.8) is 0 Å². The first-order chi connectivity index (χ1) is 11.6. The Morgan fingerprint density at radius 2 is 2.17 bits per heavy atom. The molecule has 0 amide bonds. The lowest BCUT2D eigenvalue weighted by molar-refractivity contribution is -0.0974. The van der Waals surface area contributed by atoms with Crippen LogP contribution < -0.4 is 5.32 Å². The molecule has 0 spiro atoms.